The van der Waals surface area contributed by atoms with Crippen molar-refractivity contribution in [1.82, 2.24) is 0 Å². The maximum atomic E-state index is 11.5. The Kier molecular flexibility index (Phi) is 3.61. The van der Waals surface area contributed by atoms with Gasteiger partial charge in [-0.3, -0.25) is 4.79 Å². The minimum atomic E-state index is -0.859. The van der Waals surface area contributed by atoms with Gasteiger partial charge >= 0.3 is 0 Å². The first-order valence-corrected chi connectivity index (χ1v) is 3.99. The second-order valence-electron chi connectivity index (χ2n) is 2.62. The Labute approximate surface area is 77.0 Å². The number of Topliss-reactive ketones (excluding diaryl/α,β-unsaturated/α-hetero) is 1. The van der Waals surface area contributed by atoms with Crippen LogP contribution in [0.2, 0.25) is 0 Å². The number of hydrogen-bond acceptors (Lipinski definition) is 2. The number of methoxy groups -OCH3 is 1. The first kappa shape index (κ1) is 9.89. The predicted molar refractivity (Wildman–Crippen MR) is 47.1 cm³/mol. The first-order chi connectivity index (χ1) is 6.29. The van der Waals surface area contributed by atoms with E-state index in [4.69, 9.17) is 4.74 Å². The van der Waals surface area contributed by atoms with Crippen LogP contribution in [0, 0.1) is 0 Å². The largest absolute Gasteiger partial charge is 0.371 e. The van der Waals surface area contributed by atoms with Crippen LogP contribution in [-0.4, -0.2) is 25.6 Å². The smallest absolute Gasteiger partial charge is 0.194 e. The minimum Gasteiger partial charge on any atom is -0.371 e. The molecule has 0 bridgehead atoms. The lowest BCUT2D eigenvalue weighted by Crippen LogP contribution is -2.26. The maximum Gasteiger partial charge on any atom is 0.194 e. The Morgan fingerprint density at radius 3 is 2.46 bits per heavy atom. The number of rotatable bonds is 4. The van der Waals surface area contributed by atoms with Gasteiger partial charge in [-0.25, -0.2) is 5.11 Å². The van der Waals surface area contributed by atoms with E-state index in [1.165, 1.54) is 7.11 Å². The van der Waals surface area contributed by atoms with E-state index in [1.807, 2.05) is 6.07 Å². The molecule has 3 nitrogen and oxygen atoms in total. The van der Waals surface area contributed by atoms with Crippen molar-refractivity contribution >= 4 is 5.78 Å². The summed E-state index contributed by atoms with van der Waals surface area (Å²) < 4.78 is 4.75. The second kappa shape index (κ2) is 4.74. The molecule has 69 valence electrons. The molecule has 1 aromatic rings. The van der Waals surface area contributed by atoms with E-state index in [0.29, 0.717) is 5.56 Å². The molecule has 1 radical (unpaired) electrons. The highest BCUT2D eigenvalue weighted by atomic mass is 16.5. The highest BCUT2D eigenvalue weighted by molar-refractivity contribution is 5.99. The summed E-state index contributed by atoms with van der Waals surface area (Å²) >= 11 is 0. The van der Waals surface area contributed by atoms with Crippen molar-refractivity contribution in [2.75, 3.05) is 13.7 Å². The average Bonchev–Trinajstić information content (AvgIpc) is 2.21. The fourth-order valence-electron chi connectivity index (χ4n) is 1.04. The summed E-state index contributed by atoms with van der Waals surface area (Å²) in [6.45, 7) is -0.537. The van der Waals surface area contributed by atoms with E-state index in [0.717, 1.165) is 0 Å². The Balaban J connectivity index is 2.78. The molecule has 0 aliphatic carbocycles. The van der Waals surface area contributed by atoms with Crippen LogP contribution in [0.4, 0.5) is 0 Å². The van der Waals surface area contributed by atoms with Gasteiger partial charge in [0.25, 0.3) is 0 Å². The SMILES string of the molecule is COC(C[O])C(=O)c1ccccc1. The summed E-state index contributed by atoms with van der Waals surface area (Å²) in [5, 5.41) is 10.5. The molecule has 1 rings (SSSR count). The van der Waals surface area contributed by atoms with Crippen LogP contribution in [-0.2, 0) is 9.84 Å². The van der Waals surface area contributed by atoms with E-state index >= 15 is 0 Å². The fourth-order valence-corrected chi connectivity index (χ4v) is 1.04. The molecule has 0 N–H and O–H groups in total. The Hall–Kier alpha value is -1.19. The summed E-state index contributed by atoms with van der Waals surface area (Å²) in [6, 6.07) is 8.67. The Bertz CT molecular complexity index is 265. The lowest BCUT2D eigenvalue weighted by Gasteiger charge is -2.09. The average molecular weight is 179 g/mol. The van der Waals surface area contributed by atoms with E-state index < -0.39 is 12.7 Å². The van der Waals surface area contributed by atoms with Gasteiger partial charge in [0.05, 0.1) is 0 Å². The molecule has 0 saturated heterocycles. The van der Waals surface area contributed by atoms with Crippen molar-refractivity contribution < 1.29 is 14.6 Å². The maximum absolute atomic E-state index is 11.5. The van der Waals surface area contributed by atoms with Gasteiger partial charge in [-0.2, -0.15) is 0 Å². The van der Waals surface area contributed by atoms with E-state index in [1.54, 1.807) is 24.3 Å². The van der Waals surface area contributed by atoms with Gasteiger partial charge in [-0.15, -0.1) is 0 Å². The monoisotopic (exact) mass is 179 g/mol. The Morgan fingerprint density at radius 2 is 2.00 bits per heavy atom. The van der Waals surface area contributed by atoms with Crippen molar-refractivity contribution in [3.8, 4) is 0 Å². The topological polar surface area (TPSA) is 46.2 Å². The number of ether oxygens (including phenoxy) is 1. The molecule has 13 heavy (non-hydrogen) atoms. The van der Waals surface area contributed by atoms with Gasteiger partial charge in [0.15, 0.2) is 5.78 Å². The van der Waals surface area contributed by atoms with Gasteiger partial charge in [-0.1, -0.05) is 30.3 Å². The molecule has 0 aliphatic rings. The third-order valence-corrected chi connectivity index (χ3v) is 1.79. The molecule has 0 spiro atoms. The normalized spacial score (nSPS) is 12.5. The highest BCUT2D eigenvalue weighted by Gasteiger charge is 2.18. The summed E-state index contributed by atoms with van der Waals surface area (Å²) in [5.74, 6) is -0.252. The van der Waals surface area contributed by atoms with Gasteiger partial charge in [0, 0.05) is 12.7 Å². The molecule has 0 heterocycles. The van der Waals surface area contributed by atoms with Crippen LogP contribution in [0.1, 0.15) is 10.4 Å². The molecule has 0 aromatic heterocycles. The second-order valence-corrected chi connectivity index (χ2v) is 2.62. The van der Waals surface area contributed by atoms with Crippen molar-refractivity contribution in [2.24, 2.45) is 0 Å². The molecule has 0 saturated carbocycles. The number of carbonyl (C=O) groups excluding carboxylic acids is 1. The number of carbonyl (C=O) groups is 1. The summed E-state index contributed by atoms with van der Waals surface area (Å²) in [5.41, 5.74) is 0.519. The summed E-state index contributed by atoms with van der Waals surface area (Å²) in [4.78, 5) is 11.5. The van der Waals surface area contributed by atoms with Gasteiger partial charge in [0.2, 0.25) is 0 Å². The first-order valence-electron chi connectivity index (χ1n) is 3.99. The van der Waals surface area contributed by atoms with E-state index in [-0.39, 0.29) is 5.78 Å². The van der Waals surface area contributed by atoms with Gasteiger partial charge in [-0.05, 0) is 0 Å². The highest BCUT2D eigenvalue weighted by Crippen LogP contribution is 2.05. The third kappa shape index (κ3) is 2.37. The fraction of sp³-hybridized carbons (Fsp3) is 0.300. The van der Waals surface area contributed by atoms with Gasteiger partial charge in [0.1, 0.15) is 12.7 Å². The molecule has 3 heteroatoms. The molecule has 0 aliphatic heterocycles. The van der Waals surface area contributed by atoms with Crippen LogP contribution in [0.15, 0.2) is 30.3 Å². The van der Waals surface area contributed by atoms with Crippen LogP contribution >= 0.6 is 0 Å². The van der Waals surface area contributed by atoms with Crippen molar-refractivity contribution in [3.05, 3.63) is 35.9 Å². The van der Waals surface area contributed by atoms with Crippen LogP contribution < -0.4 is 0 Å². The quantitative estimate of drug-likeness (QED) is 0.654. The summed E-state index contributed by atoms with van der Waals surface area (Å²) in [7, 11) is 1.36. The van der Waals surface area contributed by atoms with Crippen molar-refractivity contribution in [1.29, 1.82) is 0 Å². The summed E-state index contributed by atoms with van der Waals surface area (Å²) in [6.07, 6.45) is -0.859. The van der Waals surface area contributed by atoms with Crippen molar-refractivity contribution in [3.63, 3.8) is 0 Å². The number of hydrogen-bond donors (Lipinski definition) is 0. The molecule has 1 aromatic carbocycles. The van der Waals surface area contributed by atoms with Crippen LogP contribution in [0.3, 0.4) is 0 Å². The lowest BCUT2D eigenvalue weighted by molar-refractivity contribution is 0.0219. The van der Waals surface area contributed by atoms with Gasteiger partial charge < -0.3 is 4.74 Å². The van der Waals surface area contributed by atoms with E-state index in [9.17, 15) is 9.90 Å². The third-order valence-electron chi connectivity index (χ3n) is 1.79. The predicted octanol–water partition coefficient (Wildman–Crippen LogP) is 1.31. The Morgan fingerprint density at radius 1 is 1.38 bits per heavy atom. The van der Waals surface area contributed by atoms with E-state index in [2.05, 4.69) is 0 Å². The number of benzene rings is 1. The zero-order chi connectivity index (χ0) is 9.68. The zero-order valence-electron chi connectivity index (χ0n) is 7.40. The lowest BCUT2D eigenvalue weighted by atomic mass is 10.1. The standard InChI is InChI=1S/C10H11O3/c1-13-9(7-11)10(12)8-5-3-2-4-6-8/h2-6,9H,7H2,1H3. The molecule has 1 atom stereocenters. The minimum absolute atomic E-state index is 0.252. The molecule has 0 amide bonds. The molecular formula is C10H11O3. The van der Waals surface area contributed by atoms with Crippen LogP contribution in [0.5, 0.6) is 0 Å². The van der Waals surface area contributed by atoms with Crippen LogP contribution in [0.25, 0.3) is 0 Å². The van der Waals surface area contributed by atoms with Crippen molar-refractivity contribution in [2.45, 2.75) is 6.10 Å². The number of ketones is 1. The zero-order valence-corrected chi connectivity index (χ0v) is 7.40. The molecular weight excluding hydrogens is 168 g/mol. The molecule has 0 fully saturated rings. The molecule has 1 unspecified atom stereocenters.